The van der Waals surface area contributed by atoms with Gasteiger partial charge in [-0.05, 0) is 43.2 Å². The third-order valence-electron chi connectivity index (χ3n) is 2.88. The zero-order chi connectivity index (χ0) is 8.93. The molecule has 2 aliphatic heterocycles. The Kier molecular flexibility index (Phi) is 3.94. The van der Waals surface area contributed by atoms with E-state index in [1.54, 1.807) is 0 Å². The van der Waals surface area contributed by atoms with E-state index in [2.05, 4.69) is 17.1 Å². The smallest absolute Gasteiger partial charge is 0.0620 e. The number of rotatable bonds is 3. The number of hydrogen-bond acceptors (Lipinski definition) is 3. The van der Waals surface area contributed by atoms with Crippen molar-refractivity contribution in [3.8, 4) is 0 Å². The first-order valence-corrected chi connectivity index (χ1v) is 6.49. The highest BCUT2D eigenvalue weighted by Crippen LogP contribution is 2.22. The van der Waals surface area contributed by atoms with Gasteiger partial charge in [-0.15, -0.1) is 0 Å². The summed E-state index contributed by atoms with van der Waals surface area (Å²) in [6, 6.07) is 0.645. The van der Waals surface area contributed by atoms with Gasteiger partial charge >= 0.3 is 0 Å². The highest BCUT2D eigenvalue weighted by molar-refractivity contribution is 7.99. The van der Waals surface area contributed by atoms with E-state index in [0.717, 1.165) is 19.1 Å². The van der Waals surface area contributed by atoms with Gasteiger partial charge in [-0.2, -0.15) is 11.8 Å². The lowest BCUT2D eigenvalue weighted by Gasteiger charge is -2.23. The molecule has 0 aliphatic carbocycles. The molecular formula is C10H19NOS. The quantitative estimate of drug-likeness (QED) is 0.748. The number of ether oxygens (including phenoxy) is 1. The minimum Gasteiger partial charge on any atom is -0.380 e. The Balaban J connectivity index is 1.60. The molecule has 2 unspecified atom stereocenters. The fraction of sp³-hybridized carbons (Fsp3) is 1.00. The van der Waals surface area contributed by atoms with Crippen molar-refractivity contribution in [2.45, 2.75) is 25.3 Å². The van der Waals surface area contributed by atoms with Crippen molar-refractivity contribution in [2.24, 2.45) is 5.92 Å². The first-order valence-electron chi connectivity index (χ1n) is 5.34. The van der Waals surface area contributed by atoms with Gasteiger partial charge in [0.25, 0.3) is 0 Å². The third kappa shape index (κ3) is 3.15. The van der Waals surface area contributed by atoms with Crippen molar-refractivity contribution in [3.05, 3.63) is 0 Å². The average Bonchev–Trinajstić information content (AvgIpc) is 2.69. The average molecular weight is 201 g/mol. The molecule has 0 aromatic heterocycles. The van der Waals surface area contributed by atoms with Crippen LogP contribution in [0.2, 0.25) is 0 Å². The Morgan fingerprint density at radius 1 is 1.38 bits per heavy atom. The molecule has 0 saturated carbocycles. The van der Waals surface area contributed by atoms with Crippen LogP contribution in [0.5, 0.6) is 0 Å². The monoisotopic (exact) mass is 201 g/mol. The van der Waals surface area contributed by atoms with Gasteiger partial charge in [0.2, 0.25) is 0 Å². The van der Waals surface area contributed by atoms with E-state index in [9.17, 15) is 0 Å². The molecule has 2 atom stereocenters. The molecule has 2 rings (SSSR count). The summed E-state index contributed by atoms with van der Waals surface area (Å²) in [6.07, 6.45) is 4.05. The number of nitrogens with one attached hydrogen (secondary N) is 1. The number of thioether (sulfide) groups is 1. The molecule has 0 radical (unpaired) electrons. The van der Waals surface area contributed by atoms with Crippen LogP contribution in [-0.2, 0) is 4.74 Å². The van der Waals surface area contributed by atoms with Gasteiger partial charge in [0, 0.05) is 12.6 Å². The Morgan fingerprint density at radius 2 is 2.38 bits per heavy atom. The molecule has 1 N–H and O–H groups in total. The second-order valence-corrected chi connectivity index (χ2v) is 5.20. The van der Waals surface area contributed by atoms with E-state index in [4.69, 9.17) is 4.74 Å². The number of hydrogen-bond donors (Lipinski definition) is 1. The maximum absolute atomic E-state index is 5.33. The largest absolute Gasteiger partial charge is 0.380 e. The summed E-state index contributed by atoms with van der Waals surface area (Å²) in [5.41, 5.74) is 0. The summed E-state index contributed by atoms with van der Waals surface area (Å²) in [5.74, 6) is 3.66. The van der Waals surface area contributed by atoms with E-state index >= 15 is 0 Å². The lowest BCUT2D eigenvalue weighted by atomic mass is 10.1. The lowest BCUT2D eigenvalue weighted by Crippen LogP contribution is -2.35. The van der Waals surface area contributed by atoms with E-state index in [0.29, 0.717) is 6.04 Å². The van der Waals surface area contributed by atoms with Gasteiger partial charge in [0.1, 0.15) is 0 Å². The molecule has 2 heterocycles. The normalized spacial score (nSPS) is 35.1. The van der Waals surface area contributed by atoms with Crippen LogP contribution in [0.4, 0.5) is 0 Å². The third-order valence-corrected chi connectivity index (χ3v) is 4.16. The zero-order valence-electron chi connectivity index (χ0n) is 8.13. The highest BCUT2D eigenvalue weighted by atomic mass is 32.2. The van der Waals surface area contributed by atoms with Crippen LogP contribution in [0.15, 0.2) is 0 Å². The molecule has 2 aliphatic rings. The maximum Gasteiger partial charge on any atom is 0.0620 e. The van der Waals surface area contributed by atoms with Crippen molar-refractivity contribution < 1.29 is 4.74 Å². The highest BCUT2D eigenvalue weighted by Gasteiger charge is 2.18. The van der Waals surface area contributed by atoms with Crippen LogP contribution in [0.25, 0.3) is 0 Å². The van der Waals surface area contributed by atoms with Crippen LogP contribution in [0, 0.1) is 5.92 Å². The topological polar surface area (TPSA) is 21.3 Å². The van der Waals surface area contributed by atoms with Crippen molar-refractivity contribution in [2.75, 3.05) is 31.3 Å². The van der Waals surface area contributed by atoms with Crippen LogP contribution in [0.1, 0.15) is 19.3 Å². The molecule has 2 nitrogen and oxygen atoms in total. The Hall–Kier alpha value is 0.270. The standard InChI is InChI=1S/C10H19NOS/c1-2-9(8-13-5-1)6-11-10-3-4-12-7-10/h9-11H,1-8H2. The lowest BCUT2D eigenvalue weighted by molar-refractivity contribution is 0.189. The summed E-state index contributed by atoms with van der Waals surface area (Å²) in [7, 11) is 0. The van der Waals surface area contributed by atoms with E-state index in [1.807, 2.05) is 0 Å². The predicted molar refractivity (Wildman–Crippen MR) is 57.3 cm³/mol. The first kappa shape index (κ1) is 9.81. The van der Waals surface area contributed by atoms with E-state index < -0.39 is 0 Å². The molecule has 0 bridgehead atoms. The first-order chi connectivity index (χ1) is 6.45. The minimum absolute atomic E-state index is 0.645. The molecule has 0 aromatic carbocycles. The van der Waals surface area contributed by atoms with Gasteiger partial charge in [0.05, 0.1) is 6.61 Å². The van der Waals surface area contributed by atoms with Crippen LogP contribution >= 0.6 is 11.8 Å². The van der Waals surface area contributed by atoms with Gasteiger partial charge < -0.3 is 10.1 Å². The molecule has 0 aromatic rings. The second kappa shape index (κ2) is 5.23. The molecule has 3 heteroatoms. The Bertz CT molecular complexity index is 142. The fourth-order valence-corrected chi connectivity index (χ4v) is 3.15. The summed E-state index contributed by atoms with van der Waals surface area (Å²) >= 11 is 2.11. The Labute approximate surface area is 84.8 Å². The van der Waals surface area contributed by atoms with Crippen molar-refractivity contribution in [1.29, 1.82) is 0 Å². The van der Waals surface area contributed by atoms with Crippen molar-refractivity contribution in [1.82, 2.24) is 5.32 Å². The molecule has 0 spiro atoms. The molecule has 2 saturated heterocycles. The molecule has 13 heavy (non-hydrogen) atoms. The second-order valence-electron chi connectivity index (χ2n) is 4.05. The van der Waals surface area contributed by atoms with Crippen LogP contribution < -0.4 is 5.32 Å². The summed E-state index contributed by atoms with van der Waals surface area (Å²) in [5, 5.41) is 3.61. The zero-order valence-corrected chi connectivity index (χ0v) is 8.94. The SMILES string of the molecule is C1CSCC(CNC2CCOC2)C1. The van der Waals surface area contributed by atoms with Gasteiger partial charge in [-0.1, -0.05) is 0 Å². The van der Waals surface area contributed by atoms with Crippen molar-refractivity contribution in [3.63, 3.8) is 0 Å². The summed E-state index contributed by atoms with van der Waals surface area (Å²) < 4.78 is 5.33. The van der Waals surface area contributed by atoms with E-state index in [1.165, 1.54) is 37.3 Å². The van der Waals surface area contributed by atoms with Crippen LogP contribution in [0.3, 0.4) is 0 Å². The van der Waals surface area contributed by atoms with Crippen LogP contribution in [-0.4, -0.2) is 37.3 Å². The fourth-order valence-electron chi connectivity index (χ4n) is 2.00. The van der Waals surface area contributed by atoms with Gasteiger partial charge in [0.15, 0.2) is 0 Å². The van der Waals surface area contributed by atoms with Crippen molar-refractivity contribution >= 4 is 11.8 Å². The molecule has 0 amide bonds. The van der Waals surface area contributed by atoms with E-state index in [-0.39, 0.29) is 0 Å². The predicted octanol–water partition coefficient (Wildman–Crippen LogP) is 1.51. The minimum atomic E-state index is 0.645. The Morgan fingerprint density at radius 3 is 3.08 bits per heavy atom. The maximum atomic E-state index is 5.33. The van der Waals surface area contributed by atoms with Gasteiger partial charge in [-0.3, -0.25) is 0 Å². The summed E-state index contributed by atoms with van der Waals surface area (Å²) in [4.78, 5) is 0. The molecule has 76 valence electrons. The molecule has 2 fully saturated rings. The molecular weight excluding hydrogens is 182 g/mol. The summed E-state index contributed by atoms with van der Waals surface area (Å²) in [6.45, 7) is 3.10. The van der Waals surface area contributed by atoms with Gasteiger partial charge in [-0.25, -0.2) is 0 Å².